The Kier molecular flexibility index (Phi) is 5.57. The predicted molar refractivity (Wildman–Crippen MR) is 85.9 cm³/mol. The van der Waals surface area contributed by atoms with E-state index in [2.05, 4.69) is 21.2 Å². The number of nitrogens with one attached hydrogen (secondary N) is 1. The summed E-state index contributed by atoms with van der Waals surface area (Å²) in [7, 11) is 0. The zero-order valence-electron chi connectivity index (χ0n) is 12.0. The van der Waals surface area contributed by atoms with E-state index in [4.69, 9.17) is 5.11 Å². The lowest BCUT2D eigenvalue weighted by Gasteiger charge is -2.32. The Hall–Kier alpha value is -1.41. The van der Waals surface area contributed by atoms with Crippen LogP contribution in [0, 0.1) is 5.92 Å². The maximum Gasteiger partial charge on any atom is 0.306 e. The molecule has 1 unspecified atom stereocenters. The molecule has 0 radical (unpaired) electrons. The zero-order valence-corrected chi connectivity index (χ0v) is 14.4. The first kappa shape index (κ1) is 17.0. The monoisotopic (exact) mass is 388 g/mol. The number of likely N-dealkylation sites (tertiary alicyclic amines) is 1. The Balaban J connectivity index is 1.87. The van der Waals surface area contributed by atoms with Crippen LogP contribution >= 0.6 is 27.3 Å². The van der Waals surface area contributed by atoms with Crippen LogP contribution in [0.1, 0.15) is 29.4 Å². The predicted octanol–water partition coefficient (Wildman–Crippen LogP) is 1.95. The molecular weight excluding hydrogens is 372 g/mol. The molecule has 2 amide bonds. The molecular formula is C14H17BrN2O4S. The minimum absolute atomic E-state index is 0.173. The molecule has 1 aliphatic heterocycles. The first-order valence-corrected chi connectivity index (χ1v) is 8.57. The summed E-state index contributed by atoms with van der Waals surface area (Å²) in [5, 5.41) is 11.6. The van der Waals surface area contributed by atoms with Crippen molar-refractivity contribution in [3.8, 4) is 0 Å². The van der Waals surface area contributed by atoms with E-state index < -0.39 is 12.0 Å². The van der Waals surface area contributed by atoms with Gasteiger partial charge < -0.3 is 15.3 Å². The van der Waals surface area contributed by atoms with Crippen molar-refractivity contribution in [3.05, 3.63) is 20.8 Å². The first-order chi connectivity index (χ1) is 10.4. The number of rotatable bonds is 4. The highest BCUT2D eigenvalue weighted by atomic mass is 79.9. The van der Waals surface area contributed by atoms with Crippen molar-refractivity contribution in [2.45, 2.75) is 25.8 Å². The molecule has 1 aromatic heterocycles. The fourth-order valence-electron chi connectivity index (χ4n) is 2.39. The van der Waals surface area contributed by atoms with Crippen molar-refractivity contribution in [2.24, 2.45) is 5.92 Å². The van der Waals surface area contributed by atoms with Gasteiger partial charge in [0.05, 0.1) is 14.6 Å². The zero-order chi connectivity index (χ0) is 16.3. The van der Waals surface area contributed by atoms with Gasteiger partial charge in [-0.1, -0.05) is 0 Å². The SMILES string of the molecule is CC(NC(=O)c1ccc(Br)s1)C(=O)N1CCC(C(=O)O)CC1. The molecule has 0 saturated carbocycles. The Morgan fingerprint density at radius 3 is 2.50 bits per heavy atom. The molecule has 22 heavy (non-hydrogen) atoms. The maximum atomic E-state index is 12.3. The third kappa shape index (κ3) is 4.07. The Labute approximate surface area is 140 Å². The van der Waals surface area contributed by atoms with E-state index in [1.165, 1.54) is 11.3 Å². The largest absolute Gasteiger partial charge is 0.481 e. The minimum Gasteiger partial charge on any atom is -0.481 e. The van der Waals surface area contributed by atoms with E-state index in [-0.39, 0.29) is 17.7 Å². The number of carboxylic acid groups (broad SMARTS) is 1. The highest BCUT2D eigenvalue weighted by molar-refractivity contribution is 9.11. The summed E-state index contributed by atoms with van der Waals surface area (Å²) < 4.78 is 0.854. The van der Waals surface area contributed by atoms with E-state index >= 15 is 0 Å². The van der Waals surface area contributed by atoms with E-state index in [9.17, 15) is 14.4 Å². The molecule has 0 bridgehead atoms. The van der Waals surface area contributed by atoms with Gasteiger partial charge in [-0.2, -0.15) is 0 Å². The second-order valence-electron chi connectivity index (χ2n) is 5.24. The average molecular weight is 389 g/mol. The van der Waals surface area contributed by atoms with Crippen LogP contribution in [0.5, 0.6) is 0 Å². The van der Waals surface area contributed by atoms with Crippen molar-refractivity contribution < 1.29 is 19.5 Å². The summed E-state index contributed by atoms with van der Waals surface area (Å²) >= 11 is 4.59. The Morgan fingerprint density at radius 1 is 1.36 bits per heavy atom. The molecule has 1 aromatic rings. The van der Waals surface area contributed by atoms with Crippen LogP contribution in [0.15, 0.2) is 15.9 Å². The summed E-state index contributed by atoms with van der Waals surface area (Å²) in [6, 6.07) is 2.84. The fourth-order valence-corrected chi connectivity index (χ4v) is 3.68. The first-order valence-electron chi connectivity index (χ1n) is 6.96. The third-order valence-corrected chi connectivity index (χ3v) is 5.29. The van der Waals surface area contributed by atoms with E-state index in [1.807, 2.05) is 0 Å². The van der Waals surface area contributed by atoms with E-state index in [0.717, 1.165) is 3.79 Å². The standard InChI is InChI=1S/C14H17BrN2O4S/c1-8(16-12(18)10-2-3-11(15)22-10)13(19)17-6-4-9(5-7-17)14(20)21/h2-3,8-9H,4-7H2,1H3,(H,16,18)(H,20,21). The number of aliphatic carboxylic acids is 1. The van der Waals surface area contributed by atoms with Crippen LogP contribution in [0.25, 0.3) is 0 Å². The minimum atomic E-state index is -0.809. The van der Waals surface area contributed by atoms with Gasteiger partial charge in [0.1, 0.15) is 6.04 Å². The molecule has 1 saturated heterocycles. The summed E-state index contributed by atoms with van der Waals surface area (Å²) in [5.41, 5.74) is 0. The lowest BCUT2D eigenvalue weighted by molar-refractivity contribution is -0.146. The van der Waals surface area contributed by atoms with Gasteiger partial charge in [0.15, 0.2) is 0 Å². The van der Waals surface area contributed by atoms with Gasteiger partial charge in [-0.3, -0.25) is 14.4 Å². The lowest BCUT2D eigenvalue weighted by Crippen LogP contribution is -2.49. The molecule has 0 aliphatic carbocycles. The van der Waals surface area contributed by atoms with Crippen molar-refractivity contribution in [1.29, 1.82) is 0 Å². The summed E-state index contributed by atoms with van der Waals surface area (Å²) in [6.07, 6.45) is 0.916. The smallest absolute Gasteiger partial charge is 0.306 e. The molecule has 0 aromatic carbocycles. The summed E-state index contributed by atoms with van der Waals surface area (Å²) in [6.45, 7) is 2.48. The van der Waals surface area contributed by atoms with Crippen LogP contribution in [-0.2, 0) is 9.59 Å². The van der Waals surface area contributed by atoms with Crippen molar-refractivity contribution in [2.75, 3.05) is 13.1 Å². The van der Waals surface area contributed by atoms with Gasteiger partial charge in [0.2, 0.25) is 5.91 Å². The molecule has 2 heterocycles. The van der Waals surface area contributed by atoms with Crippen LogP contribution in [0.2, 0.25) is 0 Å². The molecule has 1 atom stereocenters. The Bertz CT molecular complexity index is 581. The molecule has 6 nitrogen and oxygen atoms in total. The molecule has 120 valence electrons. The van der Waals surface area contributed by atoms with E-state index in [1.54, 1.807) is 24.0 Å². The highest BCUT2D eigenvalue weighted by Gasteiger charge is 2.29. The molecule has 2 rings (SSSR count). The number of amides is 2. The number of halogens is 1. The summed E-state index contributed by atoms with van der Waals surface area (Å²) in [5.74, 6) is -1.64. The number of carbonyl (C=O) groups is 3. The number of piperidine rings is 1. The van der Waals surface area contributed by atoms with Crippen molar-refractivity contribution in [3.63, 3.8) is 0 Å². The second-order valence-corrected chi connectivity index (χ2v) is 7.70. The topological polar surface area (TPSA) is 86.7 Å². The van der Waals surface area contributed by atoms with Gasteiger partial charge in [0, 0.05) is 13.1 Å². The van der Waals surface area contributed by atoms with Crippen molar-refractivity contribution >= 4 is 45.1 Å². The van der Waals surface area contributed by atoms with Gasteiger partial charge in [-0.05, 0) is 47.8 Å². The Morgan fingerprint density at radius 2 is 2.00 bits per heavy atom. The van der Waals surface area contributed by atoms with Gasteiger partial charge >= 0.3 is 5.97 Å². The third-order valence-electron chi connectivity index (χ3n) is 3.67. The fraction of sp³-hybridized carbons (Fsp3) is 0.500. The van der Waals surface area contributed by atoms with Crippen LogP contribution in [-0.4, -0.2) is 46.9 Å². The van der Waals surface area contributed by atoms with Crippen LogP contribution in [0.3, 0.4) is 0 Å². The number of thiophene rings is 1. The molecule has 1 fully saturated rings. The van der Waals surface area contributed by atoms with Crippen LogP contribution in [0.4, 0.5) is 0 Å². The quantitative estimate of drug-likeness (QED) is 0.824. The highest BCUT2D eigenvalue weighted by Crippen LogP contribution is 2.22. The number of carbonyl (C=O) groups excluding carboxylic acids is 2. The van der Waals surface area contributed by atoms with Gasteiger partial charge in [0.25, 0.3) is 5.91 Å². The maximum absolute atomic E-state index is 12.3. The molecule has 8 heteroatoms. The molecule has 2 N–H and O–H groups in total. The average Bonchev–Trinajstić information content (AvgIpc) is 2.93. The van der Waals surface area contributed by atoms with Gasteiger partial charge in [-0.25, -0.2) is 0 Å². The van der Waals surface area contributed by atoms with Crippen LogP contribution < -0.4 is 5.32 Å². The second kappa shape index (κ2) is 7.23. The summed E-state index contributed by atoms with van der Waals surface area (Å²) in [4.78, 5) is 37.4. The molecule has 0 spiro atoms. The van der Waals surface area contributed by atoms with E-state index in [0.29, 0.717) is 30.8 Å². The van der Waals surface area contributed by atoms with Gasteiger partial charge in [-0.15, -0.1) is 11.3 Å². The molecule has 1 aliphatic rings. The number of carboxylic acids is 1. The number of nitrogens with zero attached hydrogens (tertiary/aromatic N) is 1. The number of hydrogen-bond donors (Lipinski definition) is 2. The number of hydrogen-bond acceptors (Lipinski definition) is 4. The normalized spacial score (nSPS) is 17.1. The van der Waals surface area contributed by atoms with Crippen molar-refractivity contribution in [1.82, 2.24) is 10.2 Å². The lowest BCUT2D eigenvalue weighted by atomic mass is 9.97.